The van der Waals surface area contributed by atoms with Gasteiger partial charge in [0, 0.05) is 0 Å². The summed E-state index contributed by atoms with van der Waals surface area (Å²) in [5, 5.41) is 3.41. The van der Waals surface area contributed by atoms with Gasteiger partial charge in [-0.05, 0) is 55.1 Å². The summed E-state index contributed by atoms with van der Waals surface area (Å²) in [6.07, 6.45) is 2.01. The summed E-state index contributed by atoms with van der Waals surface area (Å²) in [4.78, 5) is 0. The molecule has 108 valence electrons. The van der Waals surface area contributed by atoms with Crippen molar-refractivity contribution >= 4 is 0 Å². The molecule has 0 radical (unpaired) electrons. The fraction of sp³-hybridized carbons (Fsp3) is 0.625. The van der Waals surface area contributed by atoms with Gasteiger partial charge in [-0.25, -0.2) is 0 Å². The molecule has 0 atom stereocenters. The second-order valence-electron chi connectivity index (χ2n) is 5.92. The maximum atomic E-state index is 5.48. The monoisotopic (exact) mass is 264 g/mol. The van der Waals surface area contributed by atoms with Crippen LogP contribution in [-0.4, -0.2) is 26.7 Å². The van der Waals surface area contributed by atoms with Crippen LogP contribution in [0.4, 0.5) is 0 Å². The molecule has 0 heterocycles. The highest BCUT2D eigenvalue weighted by Crippen LogP contribution is 2.28. The first-order valence-corrected chi connectivity index (χ1v) is 7.07. The molecular formula is C16H28N2O. The maximum absolute atomic E-state index is 5.48. The Balaban J connectivity index is 2.68. The van der Waals surface area contributed by atoms with Crippen molar-refractivity contribution in [2.24, 2.45) is 5.73 Å². The Kier molecular flexibility index (Phi) is 6.32. The molecule has 1 rings (SSSR count). The first-order valence-electron chi connectivity index (χ1n) is 7.07. The number of hydrogen-bond donors (Lipinski definition) is 2. The second kappa shape index (κ2) is 7.51. The molecule has 1 aromatic rings. The van der Waals surface area contributed by atoms with Crippen LogP contribution in [0.1, 0.15) is 38.3 Å². The van der Waals surface area contributed by atoms with Gasteiger partial charge in [-0.15, -0.1) is 0 Å². The number of benzene rings is 1. The van der Waals surface area contributed by atoms with Crippen molar-refractivity contribution in [1.82, 2.24) is 5.32 Å². The Morgan fingerprint density at radius 1 is 1.21 bits per heavy atom. The average molecular weight is 264 g/mol. The summed E-state index contributed by atoms with van der Waals surface area (Å²) in [5.41, 5.74) is 8.28. The van der Waals surface area contributed by atoms with Crippen LogP contribution >= 0.6 is 0 Å². The minimum absolute atomic E-state index is 0.175. The SMILES string of the molecule is COc1ccc(C(C)(C)C)cc1CCNCCCN. The van der Waals surface area contributed by atoms with Gasteiger partial charge in [0.05, 0.1) is 7.11 Å². The van der Waals surface area contributed by atoms with Gasteiger partial charge >= 0.3 is 0 Å². The van der Waals surface area contributed by atoms with Crippen molar-refractivity contribution in [3.63, 3.8) is 0 Å². The van der Waals surface area contributed by atoms with E-state index in [9.17, 15) is 0 Å². The third-order valence-electron chi connectivity index (χ3n) is 3.28. The standard InChI is InChI=1S/C16H28N2O/c1-16(2,3)14-6-7-15(19-4)13(12-14)8-11-18-10-5-9-17/h6-7,12,18H,5,8-11,17H2,1-4H3. The molecule has 0 saturated carbocycles. The van der Waals surface area contributed by atoms with Crippen molar-refractivity contribution in [2.75, 3.05) is 26.7 Å². The van der Waals surface area contributed by atoms with Gasteiger partial charge in [0.25, 0.3) is 0 Å². The molecule has 19 heavy (non-hydrogen) atoms. The second-order valence-corrected chi connectivity index (χ2v) is 5.92. The van der Waals surface area contributed by atoms with Crippen molar-refractivity contribution in [1.29, 1.82) is 0 Å². The van der Waals surface area contributed by atoms with Gasteiger partial charge < -0.3 is 15.8 Å². The third-order valence-corrected chi connectivity index (χ3v) is 3.28. The van der Waals surface area contributed by atoms with Gasteiger partial charge in [-0.3, -0.25) is 0 Å². The van der Waals surface area contributed by atoms with Crippen LogP contribution in [0.25, 0.3) is 0 Å². The van der Waals surface area contributed by atoms with Crippen molar-refractivity contribution in [3.05, 3.63) is 29.3 Å². The molecule has 0 unspecified atom stereocenters. The Bertz CT molecular complexity index is 383. The van der Waals surface area contributed by atoms with Crippen molar-refractivity contribution < 1.29 is 4.74 Å². The fourth-order valence-corrected chi connectivity index (χ4v) is 2.02. The number of hydrogen-bond acceptors (Lipinski definition) is 3. The van der Waals surface area contributed by atoms with Gasteiger partial charge in [-0.1, -0.05) is 32.9 Å². The largest absolute Gasteiger partial charge is 0.496 e. The average Bonchev–Trinajstić information content (AvgIpc) is 2.37. The lowest BCUT2D eigenvalue weighted by Crippen LogP contribution is -2.21. The minimum Gasteiger partial charge on any atom is -0.496 e. The summed E-state index contributed by atoms with van der Waals surface area (Å²) >= 11 is 0. The zero-order valence-corrected chi connectivity index (χ0v) is 12.8. The zero-order chi connectivity index (χ0) is 14.3. The smallest absolute Gasteiger partial charge is 0.122 e. The van der Waals surface area contributed by atoms with E-state index >= 15 is 0 Å². The lowest BCUT2D eigenvalue weighted by molar-refractivity contribution is 0.408. The van der Waals surface area contributed by atoms with Crippen molar-refractivity contribution in [3.8, 4) is 5.75 Å². The van der Waals surface area contributed by atoms with Crippen LogP contribution in [0.5, 0.6) is 5.75 Å². The van der Waals surface area contributed by atoms with Crippen LogP contribution in [0.2, 0.25) is 0 Å². The first-order chi connectivity index (χ1) is 8.99. The number of nitrogens with one attached hydrogen (secondary N) is 1. The van der Waals surface area contributed by atoms with Gasteiger partial charge in [-0.2, -0.15) is 0 Å². The molecule has 0 aliphatic carbocycles. The fourth-order valence-electron chi connectivity index (χ4n) is 2.02. The molecular weight excluding hydrogens is 236 g/mol. The maximum Gasteiger partial charge on any atom is 0.122 e. The van der Waals surface area contributed by atoms with Crippen LogP contribution in [0, 0.1) is 0 Å². The van der Waals surface area contributed by atoms with E-state index in [2.05, 4.69) is 44.3 Å². The number of ether oxygens (including phenoxy) is 1. The molecule has 0 amide bonds. The van der Waals surface area contributed by atoms with E-state index in [-0.39, 0.29) is 5.41 Å². The predicted molar refractivity (Wildman–Crippen MR) is 81.9 cm³/mol. The quantitative estimate of drug-likeness (QED) is 0.744. The topological polar surface area (TPSA) is 47.3 Å². The normalized spacial score (nSPS) is 11.6. The van der Waals surface area contributed by atoms with E-state index in [0.717, 1.165) is 38.2 Å². The Morgan fingerprint density at radius 2 is 1.95 bits per heavy atom. The summed E-state index contributed by atoms with van der Waals surface area (Å²) in [5.74, 6) is 0.980. The molecule has 0 fully saturated rings. The minimum atomic E-state index is 0.175. The van der Waals surface area contributed by atoms with E-state index < -0.39 is 0 Å². The van der Waals surface area contributed by atoms with Gasteiger partial charge in [0.2, 0.25) is 0 Å². The van der Waals surface area contributed by atoms with Crippen LogP contribution in [-0.2, 0) is 11.8 Å². The molecule has 3 nitrogen and oxygen atoms in total. The molecule has 1 aromatic carbocycles. The summed E-state index contributed by atoms with van der Waals surface area (Å²) < 4.78 is 5.44. The van der Waals surface area contributed by atoms with E-state index in [0.29, 0.717) is 0 Å². The number of nitrogens with two attached hydrogens (primary N) is 1. The first kappa shape index (κ1) is 16.0. The van der Waals surface area contributed by atoms with Gasteiger partial charge in [0.1, 0.15) is 5.75 Å². The van der Waals surface area contributed by atoms with Crippen LogP contribution in [0.15, 0.2) is 18.2 Å². The van der Waals surface area contributed by atoms with E-state index in [1.54, 1.807) is 7.11 Å². The summed E-state index contributed by atoms with van der Waals surface area (Å²) in [6.45, 7) is 9.39. The molecule has 0 aliphatic heterocycles. The van der Waals surface area contributed by atoms with Crippen LogP contribution in [0.3, 0.4) is 0 Å². The van der Waals surface area contributed by atoms with Crippen LogP contribution < -0.4 is 15.8 Å². The molecule has 3 heteroatoms. The summed E-state index contributed by atoms with van der Waals surface area (Å²) in [6, 6.07) is 6.50. The Labute approximate surface area is 117 Å². The Hall–Kier alpha value is -1.06. The molecule has 3 N–H and O–H groups in total. The highest BCUT2D eigenvalue weighted by atomic mass is 16.5. The molecule has 0 aliphatic rings. The highest BCUT2D eigenvalue weighted by molar-refractivity contribution is 5.39. The summed E-state index contributed by atoms with van der Waals surface area (Å²) in [7, 11) is 1.73. The molecule has 0 spiro atoms. The van der Waals surface area contributed by atoms with E-state index in [1.165, 1.54) is 11.1 Å². The molecule has 0 bridgehead atoms. The lowest BCUT2D eigenvalue weighted by atomic mass is 9.85. The van der Waals surface area contributed by atoms with E-state index in [4.69, 9.17) is 10.5 Å². The number of rotatable bonds is 7. The van der Waals surface area contributed by atoms with E-state index in [1.807, 2.05) is 0 Å². The molecule has 0 aromatic heterocycles. The zero-order valence-electron chi connectivity index (χ0n) is 12.8. The lowest BCUT2D eigenvalue weighted by Gasteiger charge is -2.21. The van der Waals surface area contributed by atoms with Crippen molar-refractivity contribution in [2.45, 2.75) is 39.0 Å². The highest BCUT2D eigenvalue weighted by Gasteiger charge is 2.15. The predicted octanol–water partition coefficient (Wildman–Crippen LogP) is 2.47. The molecule has 0 saturated heterocycles. The third kappa shape index (κ3) is 5.21. The van der Waals surface area contributed by atoms with Gasteiger partial charge in [0.15, 0.2) is 0 Å². The Morgan fingerprint density at radius 3 is 2.53 bits per heavy atom. The number of methoxy groups -OCH3 is 1.